The molecule has 0 aliphatic rings. The van der Waals surface area contributed by atoms with Gasteiger partial charge in [-0.2, -0.15) is 0 Å². The van der Waals surface area contributed by atoms with Crippen molar-refractivity contribution in [3.8, 4) is 0 Å². The molecule has 0 unspecified atom stereocenters. The van der Waals surface area contributed by atoms with E-state index >= 15 is 0 Å². The fraction of sp³-hybridized carbons (Fsp3) is 0.700. The molecule has 0 bridgehead atoms. The van der Waals surface area contributed by atoms with Crippen molar-refractivity contribution in [3.63, 3.8) is 0 Å². The third-order valence-electron chi connectivity index (χ3n) is 2.45. The SMILES string of the molecule is CCC/C(=C(/C)C(=O)O)[Si](OC)(OC)OC. The molecule has 0 aliphatic heterocycles. The van der Waals surface area contributed by atoms with Crippen molar-refractivity contribution in [2.45, 2.75) is 26.7 Å². The molecule has 5 nitrogen and oxygen atoms in total. The van der Waals surface area contributed by atoms with Crippen molar-refractivity contribution in [2.75, 3.05) is 21.3 Å². The molecule has 0 heterocycles. The maximum absolute atomic E-state index is 11.0. The predicted octanol–water partition coefficient (Wildman–Crippen LogP) is 1.60. The van der Waals surface area contributed by atoms with Crippen molar-refractivity contribution < 1.29 is 23.2 Å². The van der Waals surface area contributed by atoms with Crippen molar-refractivity contribution >= 4 is 14.8 Å². The molecule has 0 spiro atoms. The minimum atomic E-state index is -2.99. The summed E-state index contributed by atoms with van der Waals surface area (Å²) in [4.78, 5) is 11.0. The molecule has 0 aromatic carbocycles. The average molecular weight is 248 g/mol. The Kier molecular flexibility index (Phi) is 6.50. The first kappa shape index (κ1) is 15.3. The minimum Gasteiger partial charge on any atom is -0.478 e. The number of hydrogen-bond donors (Lipinski definition) is 1. The topological polar surface area (TPSA) is 65.0 Å². The normalized spacial score (nSPS) is 13.6. The second-order valence-electron chi connectivity index (χ2n) is 3.33. The summed E-state index contributed by atoms with van der Waals surface area (Å²) < 4.78 is 15.9. The fourth-order valence-corrected chi connectivity index (χ4v) is 3.93. The van der Waals surface area contributed by atoms with Crippen LogP contribution in [0.3, 0.4) is 0 Å². The van der Waals surface area contributed by atoms with Gasteiger partial charge in [0.15, 0.2) is 0 Å². The first-order valence-corrected chi connectivity index (χ1v) is 6.80. The van der Waals surface area contributed by atoms with Crippen LogP contribution in [-0.4, -0.2) is 41.2 Å². The summed E-state index contributed by atoms with van der Waals surface area (Å²) in [5, 5.41) is 9.66. The van der Waals surface area contributed by atoms with Gasteiger partial charge in [-0.3, -0.25) is 0 Å². The highest BCUT2D eigenvalue weighted by molar-refractivity contribution is 6.69. The summed E-state index contributed by atoms with van der Waals surface area (Å²) in [6, 6.07) is 0. The molecule has 0 amide bonds. The Morgan fingerprint density at radius 2 is 1.62 bits per heavy atom. The quantitative estimate of drug-likeness (QED) is 0.547. The summed E-state index contributed by atoms with van der Waals surface area (Å²) in [5.74, 6) is -0.966. The second-order valence-corrected chi connectivity index (χ2v) is 6.27. The third-order valence-corrected chi connectivity index (χ3v) is 5.43. The zero-order valence-corrected chi connectivity index (χ0v) is 11.5. The van der Waals surface area contributed by atoms with E-state index in [0.29, 0.717) is 11.6 Å². The van der Waals surface area contributed by atoms with E-state index in [1.165, 1.54) is 21.3 Å². The summed E-state index contributed by atoms with van der Waals surface area (Å²) in [7, 11) is 1.43. The molecule has 0 aliphatic carbocycles. The van der Waals surface area contributed by atoms with Crippen LogP contribution >= 0.6 is 0 Å². The van der Waals surface area contributed by atoms with Gasteiger partial charge in [0.1, 0.15) is 0 Å². The molecule has 0 saturated heterocycles. The van der Waals surface area contributed by atoms with E-state index in [4.69, 9.17) is 18.4 Å². The van der Waals surface area contributed by atoms with Gasteiger partial charge in [0, 0.05) is 32.1 Å². The van der Waals surface area contributed by atoms with Crippen molar-refractivity contribution in [1.29, 1.82) is 0 Å². The molecule has 94 valence electrons. The Hall–Kier alpha value is -0.693. The monoisotopic (exact) mass is 248 g/mol. The highest BCUT2D eigenvalue weighted by Crippen LogP contribution is 2.25. The Bertz CT molecular complexity index is 262. The fourth-order valence-electron chi connectivity index (χ4n) is 1.57. The zero-order valence-electron chi connectivity index (χ0n) is 10.5. The number of hydrogen-bond acceptors (Lipinski definition) is 4. The Morgan fingerprint density at radius 3 is 1.88 bits per heavy atom. The van der Waals surface area contributed by atoms with Gasteiger partial charge in [0.25, 0.3) is 0 Å². The largest absolute Gasteiger partial charge is 0.532 e. The molecule has 0 radical (unpaired) electrons. The van der Waals surface area contributed by atoms with Gasteiger partial charge in [-0.05, 0) is 13.3 Å². The molecule has 0 atom stereocenters. The van der Waals surface area contributed by atoms with E-state index in [-0.39, 0.29) is 5.57 Å². The van der Waals surface area contributed by atoms with E-state index in [1.54, 1.807) is 6.92 Å². The van der Waals surface area contributed by atoms with Crippen LogP contribution < -0.4 is 0 Å². The number of aliphatic carboxylic acids is 1. The van der Waals surface area contributed by atoms with Crippen LogP contribution in [0.15, 0.2) is 10.8 Å². The van der Waals surface area contributed by atoms with Gasteiger partial charge in [-0.15, -0.1) is 0 Å². The van der Waals surface area contributed by atoms with E-state index in [2.05, 4.69) is 0 Å². The Labute approximate surface area is 97.4 Å². The maximum atomic E-state index is 11.0. The lowest BCUT2D eigenvalue weighted by atomic mass is 10.2. The van der Waals surface area contributed by atoms with E-state index < -0.39 is 14.8 Å². The molecular formula is C10H20O5Si. The molecule has 0 saturated carbocycles. The molecule has 0 aromatic rings. The van der Waals surface area contributed by atoms with Gasteiger partial charge in [-0.25, -0.2) is 4.79 Å². The molecular weight excluding hydrogens is 228 g/mol. The number of rotatable bonds is 7. The molecule has 0 fully saturated rings. The van der Waals surface area contributed by atoms with Gasteiger partial charge >= 0.3 is 14.8 Å². The summed E-state index contributed by atoms with van der Waals surface area (Å²) in [6.45, 7) is 3.52. The van der Waals surface area contributed by atoms with Crippen LogP contribution in [0.2, 0.25) is 0 Å². The van der Waals surface area contributed by atoms with Crippen LogP contribution in [0.1, 0.15) is 26.7 Å². The smallest absolute Gasteiger partial charge is 0.478 e. The van der Waals surface area contributed by atoms with Gasteiger partial charge in [-0.1, -0.05) is 13.3 Å². The molecule has 1 N–H and O–H groups in total. The highest BCUT2D eigenvalue weighted by atomic mass is 28.4. The standard InChI is InChI=1S/C10H20O5Si/c1-6-7-9(8(2)10(11)12)16(13-3,14-4)15-5/h6-7H2,1-5H3,(H,11,12)/b9-8+. The summed E-state index contributed by atoms with van der Waals surface area (Å²) >= 11 is 0. The van der Waals surface area contributed by atoms with Crippen LogP contribution in [0, 0.1) is 0 Å². The Balaban J connectivity index is 5.47. The highest BCUT2D eigenvalue weighted by Gasteiger charge is 2.44. The zero-order chi connectivity index (χ0) is 12.8. The average Bonchev–Trinajstić information content (AvgIpc) is 2.29. The first-order valence-electron chi connectivity index (χ1n) is 5.08. The number of carboxylic acid groups (broad SMARTS) is 1. The summed E-state index contributed by atoms with van der Waals surface area (Å²) in [5.41, 5.74) is 0.249. The summed E-state index contributed by atoms with van der Waals surface area (Å²) in [6.07, 6.45) is 1.41. The van der Waals surface area contributed by atoms with E-state index in [0.717, 1.165) is 6.42 Å². The number of carboxylic acids is 1. The van der Waals surface area contributed by atoms with Gasteiger partial charge < -0.3 is 18.4 Å². The predicted molar refractivity (Wildman–Crippen MR) is 62.0 cm³/mol. The van der Waals surface area contributed by atoms with Gasteiger partial charge in [0.05, 0.1) is 0 Å². The molecule has 16 heavy (non-hydrogen) atoms. The van der Waals surface area contributed by atoms with Gasteiger partial charge in [0.2, 0.25) is 0 Å². The molecule has 0 aromatic heterocycles. The third kappa shape index (κ3) is 3.15. The van der Waals surface area contributed by atoms with Crippen LogP contribution in [0.4, 0.5) is 0 Å². The van der Waals surface area contributed by atoms with Crippen LogP contribution in [-0.2, 0) is 18.1 Å². The lowest BCUT2D eigenvalue weighted by Crippen LogP contribution is -2.46. The second kappa shape index (κ2) is 6.80. The minimum absolute atomic E-state index is 0.249. The van der Waals surface area contributed by atoms with E-state index in [9.17, 15) is 4.79 Å². The van der Waals surface area contributed by atoms with Crippen molar-refractivity contribution in [1.82, 2.24) is 0 Å². The first-order chi connectivity index (χ1) is 7.48. The molecule has 0 rings (SSSR count). The van der Waals surface area contributed by atoms with Crippen molar-refractivity contribution in [2.24, 2.45) is 0 Å². The van der Waals surface area contributed by atoms with Crippen LogP contribution in [0.5, 0.6) is 0 Å². The van der Waals surface area contributed by atoms with E-state index in [1.807, 2.05) is 6.92 Å². The Morgan fingerprint density at radius 1 is 1.19 bits per heavy atom. The molecule has 6 heteroatoms. The van der Waals surface area contributed by atoms with Crippen molar-refractivity contribution in [3.05, 3.63) is 10.8 Å². The number of allylic oxidation sites excluding steroid dienone is 1. The maximum Gasteiger partial charge on any atom is 0.532 e. The van der Waals surface area contributed by atoms with Crippen LogP contribution in [0.25, 0.3) is 0 Å². The lowest BCUT2D eigenvalue weighted by Gasteiger charge is -2.27. The number of carbonyl (C=O) groups is 1. The lowest BCUT2D eigenvalue weighted by molar-refractivity contribution is -0.132.